The Morgan fingerprint density at radius 3 is 1.53 bits per heavy atom. The maximum Gasteiger partial charge on any atom is 0.430 e. The predicted molar refractivity (Wildman–Crippen MR) is 47.2 cm³/mol. The third-order valence-corrected chi connectivity index (χ3v) is 2.28. The number of halogens is 6. The molecule has 17 heavy (non-hydrogen) atoms. The molecule has 0 unspecified atom stereocenters. The first-order valence-electron chi connectivity index (χ1n) is 4.41. The summed E-state index contributed by atoms with van der Waals surface area (Å²) in [4.78, 5) is 0. The molecule has 0 amide bonds. The molecular formula is C10H8F6O. The van der Waals surface area contributed by atoms with Crippen LogP contribution in [0.5, 0.6) is 0 Å². The van der Waals surface area contributed by atoms with Crippen molar-refractivity contribution in [3.05, 3.63) is 35.9 Å². The predicted octanol–water partition coefficient (Wildman–Crippen LogP) is 3.65. The van der Waals surface area contributed by atoms with Crippen LogP contribution < -0.4 is 0 Å². The minimum atomic E-state index is -5.60. The van der Waals surface area contributed by atoms with Crippen molar-refractivity contribution in [2.45, 2.75) is 18.0 Å². The van der Waals surface area contributed by atoms with Crippen molar-refractivity contribution in [2.24, 2.45) is 0 Å². The van der Waals surface area contributed by atoms with Crippen LogP contribution in [0.3, 0.4) is 0 Å². The second-order valence-electron chi connectivity index (χ2n) is 3.25. The highest BCUT2D eigenvalue weighted by atomic mass is 19.4. The van der Waals surface area contributed by atoms with E-state index in [2.05, 4.69) is 4.74 Å². The zero-order valence-corrected chi connectivity index (χ0v) is 8.56. The molecule has 0 aliphatic rings. The van der Waals surface area contributed by atoms with E-state index in [0.29, 0.717) is 7.11 Å². The number of rotatable bonds is 2. The minimum Gasteiger partial charge on any atom is -0.357 e. The number of benzene rings is 1. The molecule has 1 nitrogen and oxygen atoms in total. The molecule has 96 valence electrons. The van der Waals surface area contributed by atoms with Crippen LogP contribution in [0, 0.1) is 0 Å². The van der Waals surface area contributed by atoms with Gasteiger partial charge in [-0.2, -0.15) is 26.3 Å². The van der Waals surface area contributed by atoms with Crippen LogP contribution in [0.2, 0.25) is 0 Å². The van der Waals surface area contributed by atoms with Crippen molar-refractivity contribution in [3.63, 3.8) is 0 Å². The third kappa shape index (κ3) is 2.11. The van der Waals surface area contributed by atoms with Crippen molar-refractivity contribution in [3.8, 4) is 0 Å². The average Bonchev–Trinajstić information content (AvgIpc) is 2.16. The summed E-state index contributed by atoms with van der Waals surface area (Å²) in [6.07, 6.45) is -11.2. The van der Waals surface area contributed by atoms with Gasteiger partial charge >= 0.3 is 12.4 Å². The number of hydrogen-bond donors (Lipinski definition) is 0. The van der Waals surface area contributed by atoms with Gasteiger partial charge in [0.15, 0.2) is 0 Å². The Bertz CT molecular complexity index is 353. The van der Waals surface area contributed by atoms with Gasteiger partial charge in [-0.3, -0.25) is 0 Å². The first-order chi connectivity index (χ1) is 7.67. The number of hydrogen-bond acceptors (Lipinski definition) is 1. The van der Waals surface area contributed by atoms with Crippen molar-refractivity contribution in [1.82, 2.24) is 0 Å². The summed E-state index contributed by atoms with van der Waals surface area (Å²) in [6.45, 7) is 0. The van der Waals surface area contributed by atoms with Crippen LogP contribution in [-0.4, -0.2) is 19.5 Å². The van der Waals surface area contributed by atoms with Crippen LogP contribution >= 0.6 is 0 Å². The maximum absolute atomic E-state index is 12.7. The van der Waals surface area contributed by atoms with Crippen molar-refractivity contribution in [1.29, 1.82) is 0 Å². The van der Waals surface area contributed by atoms with E-state index < -0.39 is 23.5 Å². The molecule has 1 rings (SSSR count). The van der Waals surface area contributed by atoms with E-state index in [-0.39, 0.29) is 0 Å². The van der Waals surface area contributed by atoms with E-state index >= 15 is 0 Å². The van der Waals surface area contributed by atoms with E-state index in [9.17, 15) is 26.3 Å². The summed E-state index contributed by atoms with van der Waals surface area (Å²) in [6, 6.07) is 4.94. The van der Waals surface area contributed by atoms with E-state index in [1.54, 1.807) is 0 Å². The van der Waals surface area contributed by atoms with Crippen molar-refractivity contribution >= 4 is 0 Å². The Labute approximate surface area is 93.0 Å². The topological polar surface area (TPSA) is 9.23 Å². The van der Waals surface area contributed by atoms with Gasteiger partial charge in [-0.05, 0) is 0 Å². The van der Waals surface area contributed by atoms with Crippen molar-refractivity contribution in [2.75, 3.05) is 7.11 Å². The molecule has 0 saturated carbocycles. The molecule has 7 heteroatoms. The molecule has 0 N–H and O–H groups in total. The molecule has 0 bridgehead atoms. The zero-order valence-electron chi connectivity index (χ0n) is 8.56. The molecule has 0 aliphatic heterocycles. The Hall–Kier alpha value is -1.24. The quantitative estimate of drug-likeness (QED) is 0.736. The Balaban J connectivity index is 3.49. The highest BCUT2D eigenvalue weighted by Crippen LogP contribution is 2.52. The zero-order chi connectivity index (χ0) is 13.3. The fraction of sp³-hybridized carbons (Fsp3) is 0.400. The fourth-order valence-corrected chi connectivity index (χ4v) is 1.51. The first-order valence-corrected chi connectivity index (χ1v) is 4.41. The molecule has 1 aromatic carbocycles. The van der Waals surface area contributed by atoms with Gasteiger partial charge in [0.2, 0.25) is 0 Å². The number of methoxy groups -OCH3 is 1. The van der Waals surface area contributed by atoms with Crippen LogP contribution in [0.1, 0.15) is 5.56 Å². The van der Waals surface area contributed by atoms with Gasteiger partial charge in [0.1, 0.15) is 0 Å². The van der Waals surface area contributed by atoms with Gasteiger partial charge < -0.3 is 4.74 Å². The van der Waals surface area contributed by atoms with Crippen LogP contribution in [0.15, 0.2) is 30.3 Å². The lowest BCUT2D eigenvalue weighted by atomic mass is 9.92. The van der Waals surface area contributed by atoms with Crippen LogP contribution in [-0.2, 0) is 10.3 Å². The van der Waals surface area contributed by atoms with E-state index in [1.165, 1.54) is 6.07 Å². The van der Waals surface area contributed by atoms with E-state index in [0.717, 1.165) is 24.3 Å². The summed E-state index contributed by atoms with van der Waals surface area (Å²) in [5.41, 5.74) is -5.29. The summed E-state index contributed by atoms with van der Waals surface area (Å²) < 4.78 is 80.1. The largest absolute Gasteiger partial charge is 0.430 e. The minimum absolute atomic E-state index is 0.383. The van der Waals surface area contributed by atoms with E-state index in [1.807, 2.05) is 0 Å². The normalized spacial score (nSPS) is 13.8. The fourth-order valence-electron chi connectivity index (χ4n) is 1.51. The Morgan fingerprint density at radius 2 is 1.24 bits per heavy atom. The molecular weight excluding hydrogens is 250 g/mol. The lowest BCUT2D eigenvalue weighted by Crippen LogP contribution is -2.55. The lowest BCUT2D eigenvalue weighted by molar-refractivity contribution is -0.383. The average molecular weight is 258 g/mol. The van der Waals surface area contributed by atoms with Crippen LogP contribution in [0.4, 0.5) is 26.3 Å². The van der Waals surface area contributed by atoms with E-state index in [4.69, 9.17) is 0 Å². The van der Waals surface area contributed by atoms with Gasteiger partial charge in [-0.1, -0.05) is 30.3 Å². The molecule has 0 fully saturated rings. The van der Waals surface area contributed by atoms with Gasteiger partial charge in [0, 0.05) is 12.7 Å². The smallest absolute Gasteiger partial charge is 0.357 e. The second-order valence-corrected chi connectivity index (χ2v) is 3.25. The lowest BCUT2D eigenvalue weighted by Gasteiger charge is -2.36. The molecule has 0 saturated heterocycles. The molecule has 0 spiro atoms. The summed E-state index contributed by atoms with van der Waals surface area (Å²) in [5.74, 6) is 0. The van der Waals surface area contributed by atoms with Gasteiger partial charge in [0.25, 0.3) is 5.60 Å². The third-order valence-electron chi connectivity index (χ3n) is 2.28. The molecule has 0 atom stereocenters. The SMILES string of the molecule is COC(c1ccccc1)(C(F)(F)F)C(F)(F)F. The molecule has 0 aromatic heterocycles. The molecule has 0 radical (unpaired) electrons. The second kappa shape index (κ2) is 4.21. The maximum atomic E-state index is 12.7. The Morgan fingerprint density at radius 1 is 0.824 bits per heavy atom. The highest BCUT2D eigenvalue weighted by Gasteiger charge is 2.72. The number of ether oxygens (including phenoxy) is 1. The first kappa shape index (κ1) is 13.8. The summed E-state index contributed by atoms with van der Waals surface area (Å²) in [7, 11) is 0.383. The molecule has 1 aromatic rings. The Kier molecular flexibility index (Phi) is 3.42. The highest BCUT2D eigenvalue weighted by molar-refractivity contribution is 5.26. The summed E-state index contributed by atoms with van der Waals surface area (Å²) >= 11 is 0. The monoisotopic (exact) mass is 258 g/mol. The summed E-state index contributed by atoms with van der Waals surface area (Å²) in [5, 5.41) is 0. The number of alkyl halides is 6. The van der Waals surface area contributed by atoms with Crippen LogP contribution in [0.25, 0.3) is 0 Å². The molecule has 0 aliphatic carbocycles. The van der Waals surface area contributed by atoms with Gasteiger partial charge in [0.05, 0.1) is 0 Å². The molecule has 0 heterocycles. The standard InChI is InChI=1S/C10H8F6O/c1-17-8(9(11,12)13,10(14,15)16)7-5-3-2-4-6-7/h2-6H,1H3. The van der Waals surface area contributed by atoms with Crippen molar-refractivity contribution < 1.29 is 31.1 Å². The van der Waals surface area contributed by atoms with Gasteiger partial charge in [-0.15, -0.1) is 0 Å². The van der Waals surface area contributed by atoms with Gasteiger partial charge in [-0.25, -0.2) is 0 Å².